The molecule has 1 unspecified atom stereocenters. The van der Waals surface area contributed by atoms with Crippen molar-refractivity contribution >= 4 is 22.8 Å². The van der Waals surface area contributed by atoms with Crippen LogP contribution in [0.15, 0.2) is 52.9 Å². The summed E-state index contributed by atoms with van der Waals surface area (Å²) in [5.41, 5.74) is 3.57. The number of aryl methyl sites for hydroxylation is 1. The van der Waals surface area contributed by atoms with Gasteiger partial charge in [0.25, 0.3) is 0 Å². The van der Waals surface area contributed by atoms with Crippen LogP contribution in [0.3, 0.4) is 0 Å². The van der Waals surface area contributed by atoms with Crippen molar-refractivity contribution in [2.45, 2.75) is 44.6 Å². The molecule has 0 saturated heterocycles. The molecule has 2 amide bonds. The number of nitrogens with one attached hydrogen (secondary N) is 2. The summed E-state index contributed by atoms with van der Waals surface area (Å²) < 4.78 is 5.75. The topological polar surface area (TPSA) is 67.2 Å². The highest BCUT2D eigenvalue weighted by atomic mass is 16.3. The predicted molar refractivity (Wildman–Crippen MR) is 102 cm³/mol. The van der Waals surface area contributed by atoms with Crippen LogP contribution in [0.2, 0.25) is 0 Å². The molecule has 1 atom stereocenters. The van der Waals surface area contributed by atoms with Gasteiger partial charge in [-0.3, -0.25) is 0 Å². The van der Waals surface area contributed by atoms with Gasteiger partial charge in [-0.1, -0.05) is 30.3 Å². The van der Waals surface area contributed by atoms with Crippen LogP contribution in [0, 0.1) is 0 Å². The average Bonchev–Trinajstić information content (AvgIpc) is 3.40. The number of hydrogen-bond donors (Lipinski definition) is 2. The number of benzene rings is 2. The second kappa shape index (κ2) is 7.20. The summed E-state index contributed by atoms with van der Waals surface area (Å²) in [6, 6.07) is 15.8. The maximum absolute atomic E-state index is 12.2. The van der Waals surface area contributed by atoms with Crippen molar-refractivity contribution in [2.24, 2.45) is 0 Å². The van der Waals surface area contributed by atoms with E-state index in [-0.39, 0.29) is 12.1 Å². The number of amides is 2. The van der Waals surface area contributed by atoms with E-state index < -0.39 is 0 Å². The summed E-state index contributed by atoms with van der Waals surface area (Å²) in [4.78, 5) is 16.8. The molecule has 0 bridgehead atoms. The molecule has 5 nitrogen and oxygen atoms in total. The van der Waals surface area contributed by atoms with Gasteiger partial charge in [-0.05, 0) is 56.4 Å². The van der Waals surface area contributed by atoms with E-state index in [4.69, 9.17) is 4.42 Å². The first-order chi connectivity index (χ1) is 12.7. The minimum Gasteiger partial charge on any atom is -0.440 e. The smallest absolute Gasteiger partial charge is 0.319 e. The predicted octanol–water partition coefficient (Wildman–Crippen LogP) is 4.85. The number of oxazole rings is 1. The second-order valence-corrected chi connectivity index (χ2v) is 7.03. The van der Waals surface area contributed by atoms with Gasteiger partial charge in [0.1, 0.15) is 5.52 Å². The Bertz CT molecular complexity index is 900. The zero-order chi connectivity index (χ0) is 17.9. The third-order valence-electron chi connectivity index (χ3n) is 4.67. The quantitative estimate of drug-likeness (QED) is 0.668. The number of fused-ring (bicyclic) bond motifs is 1. The first kappa shape index (κ1) is 16.6. The zero-order valence-electron chi connectivity index (χ0n) is 14.9. The van der Waals surface area contributed by atoms with Crippen LogP contribution in [0.25, 0.3) is 11.1 Å². The van der Waals surface area contributed by atoms with Gasteiger partial charge in [-0.25, -0.2) is 9.78 Å². The van der Waals surface area contributed by atoms with Gasteiger partial charge in [0, 0.05) is 17.6 Å². The van der Waals surface area contributed by atoms with Crippen LogP contribution in [-0.2, 0) is 6.42 Å². The molecule has 1 fully saturated rings. The molecule has 1 heterocycles. The van der Waals surface area contributed by atoms with Crippen molar-refractivity contribution in [3.63, 3.8) is 0 Å². The van der Waals surface area contributed by atoms with E-state index in [0.29, 0.717) is 5.92 Å². The molecule has 26 heavy (non-hydrogen) atoms. The van der Waals surface area contributed by atoms with Crippen molar-refractivity contribution in [3.8, 4) is 0 Å². The molecule has 1 aromatic heterocycles. The number of urea groups is 1. The maximum Gasteiger partial charge on any atom is 0.319 e. The van der Waals surface area contributed by atoms with Crippen LogP contribution in [0.4, 0.5) is 10.5 Å². The first-order valence-corrected chi connectivity index (χ1v) is 9.19. The van der Waals surface area contributed by atoms with Crippen molar-refractivity contribution < 1.29 is 9.21 Å². The zero-order valence-corrected chi connectivity index (χ0v) is 14.9. The lowest BCUT2D eigenvalue weighted by molar-refractivity contribution is 0.248. The molecule has 134 valence electrons. The van der Waals surface area contributed by atoms with Gasteiger partial charge in [-0.15, -0.1) is 0 Å². The Hall–Kier alpha value is -2.82. The molecule has 1 aliphatic rings. The van der Waals surface area contributed by atoms with E-state index in [1.54, 1.807) is 0 Å². The van der Waals surface area contributed by atoms with E-state index in [9.17, 15) is 4.79 Å². The normalized spacial score (nSPS) is 15.0. The molecule has 5 heteroatoms. The van der Waals surface area contributed by atoms with E-state index in [1.165, 1.54) is 5.56 Å². The Morgan fingerprint density at radius 1 is 1.23 bits per heavy atom. The van der Waals surface area contributed by atoms with Crippen LogP contribution in [0.1, 0.15) is 43.6 Å². The van der Waals surface area contributed by atoms with Crippen LogP contribution in [-0.4, -0.2) is 17.1 Å². The number of anilines is 1. The number of carbonyl (C=O) groups is 1. The van der Waals surface area contributed by atoms with Crippen LogP contribution in [0.5, 0.6) is 0 Å². The molecule has 0 aliphatic heterocycles. The molecule has 0 radical (unpaired) electrons. The highest BCUT2D eigenvalue weighted by Gasteiger charge is 2.28. The fraction of sp³-hybridized carbons (Fsp3) is 0.333. The monoisotopic (exact) mass is 349 g/mol. The van der Waals surface area contributed by atoms with Crippen LogP contribution >= 0.6 is 0 Å². The molecule has 1 aliphatic carbocycles. The van der Waals surface area contributed by atoms with Gasteiger partial charge in [0.2, 0.25) is 0 Å². The lowest BCUT2D eigenvalue weighted by Crippen LogP contribution is -2.36. The van der Waals surface area contributed by atoms with Gasteiger partial charge in [0.05, 0.1) is 0 Å². The summed E-state index contributed by atoms with van der Waals surface area (Å²) in [5, 5.41) is 5.87. The Kier molecular flexibility index (Phi) is 4.61. The Morgan fingerprint density at radius 2 is 2.04 bits per heavy atom. The third-order valence-corrected chi connectivity index (χ3v) is 4.67. The van der Waals surface area contributed by atoms with E-state index in [0.717, 1.165) is 48.4 Å². The fourth-order valence-corrected chi connectivity index (χ4v) is 3.02. The number of carbonyl (C=O) groups excluding carboxylic acids is 1. The second-order valence-electron chi connectivity index (χ2n) is 7.03. The van der Waals surface area contributed by atoms with Gasteiger partial charge in [-0.2, -0.15) is 0 Å². The number of hydrogen-bond acceptors (Lipinski definition) is 3. The van der Waals surface area contributed by atoms with Crippen molar-refractivity contribution in [1.29, 1.82) is 0 Å². The van der Waals surface area contributed by atoms with Crippen LogP contribution < -0.4 is 10.6 Å². The molecule has 2 aromatic carbocycles. The van der Waals surface area contributed by atoms with Crippen molar-refractivity contribution in [2.75, 3.05) is 5.32 Å². The van der Waals surface area contributed by atoms with E-state index in [1.807, 2.05) is 43.3 Å². The molecule has 1 saturated carbocycles. The number of nitrogens with zero attached hydrogens (tertiary/aromatic N) is 1. The summed E-state index contributed by atoms with van der Waals surface area (Å²) in [5.74, 6) is 1.30. The lowest BCUT2D eigenvalue weighted by atomic mass is 10.1. The van der Waals surface area contributed by atoms with E-state index >= 15 is 0 Å². The van der Waals surface area contributed by atoms with E-state index in [2.05, 4.69) is 27.8 Å². The molecule has 0 spiro atoms. The van der Waals surface area contributed by atoms with Crippen molar-refractivity contribution in [3.05, 3.63) is 60.0 Å². The summed E-state index contributed by atoms with van der Waals surface area (Å²) >= 11 is 0. The highest BCUT2D eigenvalue weighted by molar-refractivity contribution is 5.91. The molecule has 2 N–H and O–H groups in total. The summed E-state index contributed by atoms with van der Waals surface area (Å²) in [6.45, 7) is 2.02. The number of aromatic nitrogens is 1. The fourth-order valence-electron chi connectivity index (χ4n) is 3.02. The standard InChI is InChI=1S/C21H23N3O2/c1-14(7-8-15-5-3-2-4-6-15)22-21(25)23-17-11-12-19-18(13-17)24-20(26-19)16-9-10-16/h2-6,11-14,16H,7-10H2,1H3,(H2,22,23,25). The third kappa shape index (κ3) is 4.04. The van der Waals surface area contributed by atoms with Gasteiger partial charge >= 0.3 is 6.03 Å². The molecule has 4 rings (SSSR count). The Labute approximate surface area is 152 Å². The Balaban J connectivity index is 1.31. The largest absolute Gasteiger partial charge is 0.440 e. The number of rotatable bonds is 6. The average molecular weight is 349 g/mol. The lowest BCUT2D eigenvalue weighted by Gasteiger charge is -2.14. The maximum atomic E-state index is 12.2. The van der Waals surface area contributed by atoms with Gasteiger partial charge in [0.15, 0.2) is 11.5 Å². The SMILES string of the molecule is CC(CCc1ccccc1)NC(=O)Nc1ccc2oc(C3CC3)nc2c1. The molecular weight excluding hydrogens is 326 g/mol. The summed E-state index contributed by atoms with van der Waals surface area (Å²) in [6.07, 6.45) is 4.14. The minimum atomic E-state index is -0.198. The highest BCUT2D eigenvalue weighted by Crippen LogP contribution is 2.40. The van der Waals surface area contributed by atoms with Gasteiger partial charge < -0.3 is 15.1 Å². The molecule has 3 aromatic rings. The summed E-state index contributed by atoms with van der Waals surface area (Å²) in [7, 11) is 0. The molecular formula is C21H23N3O2. The Morgan fingerprint density at radius 3 is 2.81 bits per heavy atom. The minimum absolute atomic E-state index is 0.0902. The van der Waals surface area contributed by atoms with Crippen molar-refractivity contribution in [1.82, 2.24) is 10.3 Å². The first-order valence-electron chi connectivity index (χ1n) is 9.19.